The number of aromatic nitrogens is 2. The second kappa shape index (κ2) is 4.61. The number of rotatable bonds is 3. The molecule has 1 heterocycles. The van der Waals surface area contributed by atoms with E-state index in [1.807, 2.05) is 6.07 Å². The highest BCUT2D eigenvalue weighted by Gasteiger charge is 2.01. The molecule has 2 rings (SSSR count). The Labute approximate surface area is 96.6 Å². The van der Waals surface area contributed by atoms with Gasteiger partial charge in [0.25, 0.3) is 5.56 Å². The summed E-state index contributed by atoms with van der Waals surface area (Å²) in [7, 11) is 0. The number of carboxylic acids is 1. The Morgan fingerprint density at radius 3 is 2.94 bits per heavy atom. The molecule has 0 unspecified atom stereocenters. The van der Waals surface area contributed by atoms with E-state index < -0.39 is 5.97 Å². The van der Waals surface area contributed by atoms with Crippen molar-refractivity contribution in [3.05, 3.63) is 53.0 Å². The number of allylic oxidation sites excluding steroid dienone is 1. The van der Waals surface area contributed by atoms with Gasteiger partial charge < -0.3 is 9.67 Å². The zero-order valence-electron chi connectivity index (χ0n) is 8.91. The maximum Gasteiger partial charge on any atom is 0.328 e. The number of hydrogen-bond donors (Lipinski definition) is 1. The second-order valence-electron chi connectivity index (χ2n) is 3.44. The number of benzene rings is 1. The molecule has 0 fully saturated rings. The van der Waals surface area contributed by atoms with E-state index in [2.05, 4.69) is 4.98 Å². The molecule has 0 saturated heterocycles. The molecule has 0 bridgehead atoms. The fourth-order valence-electron chi connectivity index (χ4n) is 1.56. The molecule has 0 atom stereocenters. The maximum absolute atomic E-state index is 11.6. The Morgan fingerprint density at radius 1 is 1.41 bits per heavy atom. The monoisotopic (exact) mass is 230 g/mol. The van der Waals surface area contributed by atoms with Crippen molar-refractivity contribution in [1.82, 2.24) is 9.55 Å². The summed E-state index contributed by atoms with van der Waals surface area (Å²) in [6, 6.07) is 7.21. The summed E-state index contributed by atoms with van der Waals surface area (Å²) in [4.78, 5) is 26.0. The summed E-state index contributed by atoms with van der Waals surface area (Å²) in [5.41, 5.74) is 1.14. The van der Waals surface area contributed by atoms with Crippen molar-refractivity contribution >= 4 is 17.0 Å². The Balaban J connectivity index is 2.48. The van der Waals surface area contributed by atoms with E-state index in [-0.39, 0.29) is 12.1 Å². The molecular formula is C12H10N2O3. The van der Waals surface area contributed by atoms with E-state index in [1.54, 1.807) is 18.2 Å². The molecule has 0 spiro atoms. The Bertz CT molecular complexity index is 643. The van der Waals surface area contributed by atoms with Crippen molar-refractivity contribution in [3.8, 4) is 0 Å². The van der Waals surface area contributed by atoms with Crippen molar-refractivity contribution in [3.63, 3.8) is 0 Å². The fraction of sp³-hybridized carbons (Fsp3) is 0.0833. The Kier molecular flexibility index (Phi) is 3.00. The van der Waals surface area contributed by atoms with Gasteiger partial charge in [-0.05, 0) is 12.1 Å². The van der Waals surface area contributed by atoms with Gasteiger partial charge in [0.15, 0.2) is 0 Å². The number of para-hydroxylation sites is 2. The van der Waals surface area contributed by atoms with E-state index in [9.17, 15) is 9.59 Å². The predicted molar refractivity (Wildman–Crippen MR) is 62.8 cm³/mol. The number of nitrogens with zero attached hydrogens (tertiary/aromatic N) is 2. The Hall–Kier alpha value is -2.43. The van der Waals surface area contributed by atoms with Gasteiger partial charge in [-0.15, -0.1) is 0 Å². The lowest BCUT2D eigenvalue weighted by molar-refractivity contribution is -0.131. The molecule has 0 amide bonds. The first kappa shape index (κ1) is 11.1. The topological polar surface area (TPSA) is 72.2 Å². The lowest BCUT2D eigenvalue weighted by Crippen LogP contribution is -2.19. The van der Waals surface area contributed by atoms with E-state index in [0.29, 0.717) is 11.0 Å². The third-order valence-electron chi connectivity index (χ3n) is 2.30. The van der Waals surface area contributed by atoms with Gasteiger partial charge in [-0.3, -0.25) is 4.79 Å². The molecule has 0 radical (unpaired) electrons. The van der Waals surface area contributed by atoms with Crippen LogP contribution >= 0.6 is 0 Å². The zero-order valence-corrected chi connectivity index (χ0v) is 8.91. The molecule has 0 aliphatic carbocycles. The predicted octanol–water partition coefficient (Wildman–Crippen LogP) is 1.04. The minimum atomic E-state index is -1.03. The normalized spacial score (nSPS) is 11.1. The minimum Gasteiger partial charge on any atom is -0.478 e. The van der Waals surface area contributed by atoms with E-state index in [4.69, 9.17) is 5.11 Å². The molecule has 2 aromatic rings. The van der Waals surface area contributed by atoms with Crippen LogP contribution in [0.3, 0.4) is 0 Å². The fourth-order valence-corrected chi connectivity index (χ4v) is 1.56. The van der Waals surface area contributed by atoms with Crippen LogP contribution in [0, 0.1) is 0 Å². The number of hydrogen-bond acceptors (Lipinski definition) is 3. The number of aliphatic carboxylic acids is 1. The maximum atomic E-state index is 11.6. The van der Waals surface area contributed by atoms with Gasteiger partial charge in [0.2, 0.25) is 0 Å². The molecule has 5 nitrogen and oxygen atoms in total. The number of carboxylic acid groups (broad SMARTS) is 1. The van der Waals surface area contributed by atoms with E-state index in [0.717, 1.165) is 6.08 Å². The van der Waals surface area contributed by atoms with E-state index in [1.165, 1.54) is 16.8 Å². The largest absolute Gasteiger partial charge is 0.478 e. The molecule has 17 heavy (non-hydrogen) atoms. The van der Waals surface area contributed by atoms with Crippen LogP contribution in [0.2, 0.25) is 0 Å². The van der Waals surface area contributed by atoms with Crippen LogP contribution in [0.1, 0.15) is 0 Å². The highest BCUT2D eigenvalue weighted by Crippen LogP contribution is 2.07. The summed E-state index contributed by atoms with van der Waals surface area (Å²) < 4.78 is 1.47. The number of fused-ring (bicyclic) bond motifs is 1. The number of carbonyl (C=O) groups is 1. The van der Waals surface area contributed by atoms with Crippen LogP contribution in [0.25, 0.3) is 11.0 Å². The van der Waals surface area contributed by atoms with Crippen molar-refractivity contribution < 1.29 is 9.90 Å². The third kappa shape index (κ3) is 2.39. The van der Waals surface area contributed by atoms with Gasteiger partial charge in [-0.1, -0.05) is 18.2 Å². The van der Waals surface area contributed by atoms with Gasteiger partial charge >= 0.3 is 5.97 Å². The average molecular weight is 230 g/mol. The SMILES string of the molecule is O=C(O)/C=C/Cn1c(=O)cnc2ccccc21. The van der Waals surface area contributed by atoms with Crippen LogP contribution in [0.4, 0.5) is 0 Å². The van der Waals surface area contributed by atoms with Gasteiger partial charge in [-0.25, -0.2) is 9.78 Å². The lowest BCUT2D eigenvalue weighted by Gasteiger charge is -2.05. The van der Waals surface area contributed by atoms with E-state index >= 15 is 0 Å². The smallest absolute Gasteiger partial charge is 0.328 e. The van der Waals surface area contributed by atoms with Gasteiger partial charge in [-0.2, -0.15) is 0 Å². The molecule has 1 N–H and O–H groups in total. The van der Waals surface area contributed by atoms with Crippen molar-refractivity contribution in [2.24, 2.45) is 0 Å². The standard InChI is InChI=1S/C12H10N2O3/c15-11-8-13-9-4-1-2-5-10(9)14(11)7-3-6-12(16)17/h1-6,8H,7H2,(H,16,17)/b6-3+. The van der Waals surface area contributed by atoms with Crippen LogP contribution in [-0.2, 0) is 11.3 Å². The molecular weight excluding hydrogens is 220 g/mol. The molecule has 0 saturated carbocycles. The quantitative estimate of drug-likeness (QED) is 0.799. The van der Waals surface area contributed by atoms with Crippen molar-refractivity contribution in [2.75, 3.05) is 0 Å². The zero-order chi connectivity index (χ0) is 12.3. The molecule has 5 heteroatoms. The summed E-state index contributed by atoms with van der Waals surface area (Å²) in [5.74, 6) is -1.03. The third-order valence-corrected chi connectivity index (χ3v) is 2.30. The van der Waals surface area contributed by atoms with Crippen LogP contribution in [0.15, 0.2) is 47.4 Å². The van der Waals surface area contributed by atoms with Gasteiger partial charge in [0.1, 0.15) is 0 Å². The molecule has 0 aliphatic heterocycles. The summed E-state index contributed by atoms with van der Waals surface area (Å²) in [5, 5.41) is 8.49. The van der Waals surface area contributed by atoms with Gasteiger partial charge in [0.05, 0.1) is 17.2 Å². The van der Waals surface area contributed by atoms with Crippen LogP contribution in [-0.4, -0.2) is 20.6 Å². The lowest BCUT2D eigenvalue weighted by atomic mass is 10.3. The van der Waals surface area contributed by atoms with Crippen molar-refractivity contribution in [1.29, 1.82) is 0 Å². The average Bonchev–Trinajstić information content (AvgIpc) is 2.32. The van der Waals surface area contributed by atoms with Crippen molar-refractivity contribution in [2.45, 2.75) is 6.54 Å². The highest BCUT2D eigenvalue weighted by atomic mass is 16.4. The second-order valence-corrected chi connectivity index (χ2v) is 3.44. The summed E-state index contributed by atoms with van der Waals surface area (Å²) in [6.07, 6.45) is 3.68. The molecule has 0 aliphatic rings. The summed E-state index contributed by atoms with van der Waals surface area (Å²) in [6.45, 7) is 0.216. The van der Waals surface area contributed by atoms with Crippen LogP contribution < -0.4 is 5.56 Å². The van der Waals surface area contributed by atoms with Gasteiger partial charge in [0, 0.05) is 12.6 Å². The highest BCUT2D eigenvalue weighted by molar-refractivity contribution is 5.79. The first-order chi connectivity index (χ1) is 8.18. The summed E-state index contributed by atoms with van der Waals surface area (Å²) >= 11 is 0. The Morgan fingerprint density at radius 2 is 2.18 bits per heavy atom. The molecule has 1 aromatic carbocycles. The minimum absolute atomic E-state index is 0.216. The first-order valence-electron chi connectivity index (χ1n) is 5.02. The molecule has 86 valence electrons. The first-order valence-corrected chi connectivity index (χ1v) is 5.02. The van der Waals surface area contributed by atoms with Crippen LogP contribution in [0.5, 0.6) is 0 Å². The molecule has 1 aromatic heterocycles.